The average Bonchev–Trinajstić information content (AvgIpc) is 4.13. The van der Waals surface area contributed by atoms with Gasteiger partial charge in [-0.3, -0.25) is 18.7 Å². The molecule has 0 bridgehead atoms. The number of hydrogen-bond acceptors (Lipinski definition) is 10. The molecular formula is C40H44B19Cl2N8O2S2. The zero-order chi connectivity index (χ0) is 53.7. The van der Waals surface area contributed by atoms with Gasteiger partial charge in [-0.1, -0.05) is 73.4 Å². The molecule has 73 heavy (non-hydrogen) atoms. The largest absolute Gasteiger partial charge is 0.352 e. The smallest absolute Gasteiger partial charge is 0.259 e. The summed E-state index contributed by atoms with van der Waals surface area (Å²) in [5, 5.41) is 6.06. The van der Waals surface area contributed by atoms with E-state index in [-0.39, 0.29) is 17.2 Å². The third-order valence-electron chi connectivity index (χ3n) is 12.6. The van der Waals surface area contributed by atoms with Crippen LogP contribution < -0.4 is 21.3 Å². The second kappa shape index (κ2) is 29.0. The van der Waals surface area contributed by atoms with Crippen molar-refractivity contribution in [3.8, 4) is 22.3 Å². The van der Waals surface area contributed by atoms with Gasteiger partial charge in [0.1, 0.15) is 11.3 Å². The van der Waals surface area contributed by atoms with Gasteiger partial charge in [0, 0.05) is 218 Å². The van der Waals surface area contributed by atoms with Crippen molar-refractivity contribution in [2.45, 2.75) is 45.7 Å². The Hall–Kier alpha value is -2.87. The number of pyridine rings is 2. The summed E-state index contributed by atoms with van der Waals surface area (Å²) in [6, 6.07) is 19.1. The molecular weight excluding hydrogens is 965 g/mol. The van der Waals surface area contributed by atoms with Crippen molar-refractivity contribution in [2.75, 3.05) is 39.8 Å². The fourth-order valence-corrected chi connectivity index (χ4v) is 10.6. The molecule has 2 aromatic carbocycles. The summed E-state index contributed by atoms with van der Waals surface area (Å²) >= 11 is 16.4. The number of anilines is 2. The molecule has 1 N–H and O–H groups in total. The van der Waals surface area contributed by atoms with Crippen LogP contribution in [-0.4, -0.2) is 206 Å². The lowest BCUT2D eigenvalue weighted by Gasteiger charge is -2.41. The highest BCUT2D eigenvalue weighted by Gasteiger charge is 2.43. The van der Waals surface area contributed by atoms with E-state index in [0.717, 1.165) is 58.7 Å². The predicted molar refractivity (Wildman–Crippen MR) is 339 cm³/mol. The average molecular weight is 1010 g/mol. The van der Waals surface area contributed by atoms with Crippen LogP contribution in [0.4, 0.5) is 11.9 Å². The Kier molecular flexibility index (Phi) is 24.3. The van der Waals surface area contributed by atoms with Crippen LogP contribution in [0.5, 0.6) is 0 Å². The van der Waals surface area contributed by atoms with E-state index in [0.29, 0.717) is 56.0 Å². The van der Waals surface area contributed by atoms with Crippen molar-refractivity contribution in [1.82, 2.24) is 29.1 Å². The summed E-state index contributed by atoms with van der Waals surface area (Å²) in [5.74, 6) is 5.76. The van der Waals surface area contributed by atoms with Gasteiger partial charge in [-0.05, 0) is 67.0 Å². The van der Waals surface area contributed by atoms with Crippen LogP contribution in [0.1, 0.15) is 33.6 Å². The van der Waals surface area contributed by atoms with Gasteiger partial charge in [0.05, 0.1) is 6.04 Å². The van der Waals surface area contributed by atoms with E-state index < -0.39 is 51.1 Å². The number of aryl methyl sites for hydroxylation is 2. The Morgan fingerprint density at radius 3 is 1.63 bits per heavy atom. The van der Waals surface area contributed by atoms with E-state index in [9.17, 15) is 9.59 Å². The van der Waals surface area contributed by atoms with E-state index in [1.165, 1.54) is 7.06 Å². The Balaban J connectivity index is 0.000000207. The Morgan fingerprint density at radius 2 is 1.16 bits per heavy atom. The minimum Gasteiger partial charge on any atom is -0.352 e. The molecule has 10 nitrogen and oxygen atoms in total. The third kappa shape index (κ3) is 16.1. The van der Waals surface area contributed by atoms with E-state index in [2.05, 4.69) is 50.9 Å². The molecule has 1 saturated heterocycles. The number of fused-ring (bicyclic) bond motifs is 2. The Labute approximate surface area is 467 Å². The van der Waals surface area contributed by atoms with E-state index in [4.69, 9.17) is 101 Å². The number of halogens is 2. The second-order valence-corrected chi connectivity index (χ2v) is 21.5. The minimum absolute atomic E-state index is 0.109. The Bertz CT molecular complexity index is 2840. The molecule has 1 aliphatic heterocycles. The van der Waals surface area contributed by atoms with Gasteiger partial charge in [0.15, 0.2) is 0 Å². The Morgan fingerprint density at radius 1 is 0.699 bits per heavy atom. The zero-order valence-corrected chi connectivity index (χ0v) is 45.2. The maximum Gasteiger partial charge on any atom is 0.259 e. The fraction of sp³-hybridized carbons (Fsp3) is 0.350. The number of nitrogens with one attached hydrogen (secondary N) is 1. The van der Waals surface area contributed by atoms with E-state index >= 15 is 0 Å². The SMILES string of the molecule is CCSCCC(C)Nc1ncc2cc(-c3ccccc3Cl)c(=O)n(C)c2n1.CCSCCC1CN1c1ncc2cc(-c3ccccc3Cl)c(=O)n(C)c2n1.[B][B]B([B])B(B(B([B])[B])B([B])[B])B(B([B])[B])B([B])[B]. The molecule has 2 atom stereocenters. The first-order chi connectivity index (χ1) is 34.7. The molecule has 0 aliphatic carbocycles. The first-order valence-electron chi connectivity index (χ1n) is 24.0. The van der Waals surface area contributed by atoms with Crippen LogP contribution in [0.3, 0.4) is 0 Å². The summed E-state index contributed by atoms with van der Waals surface area (Å²) in [6.07, 6.45) is 0.000515. The van der Waals surface area contributed by atoms with Crippen molar-refractivity contribution >= 4 is 216 Å². The molecule has 33 heteroatoms. The molecule has 0 spiro atoms. The van der Waals surface area contributed by atoms with Crippen LogP contribution in [0.15, 0.2) is 82.6 Å². The quantitative estimate of drug-likeness (QED) is 0.0646. The molecule has 0 amide bonds. The molecule has 4 aromatic heterocycles. The molecule has 339 valence electrons. The maximum absolute atomic E-state index is 12.9. The first kappa shape index (κ1) is 61.0. The molecule has 1 fully saturated rings. The number of aromatic nitrogens is 6. The molecule has 5 heterocycles. The van der Waals surface area contributed by atoms with Crippen molar-refractivity contribution in [1.29, 1.82) is 0 Å². The van der Waals surface area contributed by atoms with Gasteiger partial charge in [-0.25, -0.2) is 9.97 Å². The van der Waals surface area contributed by atoms with Crippen LogP contribution in [0, 0.1) is 0 Å². The minimum atomic E-state index is -0.837. The topological polar surface area (TPSA) is 111 Å². The van der Waals surface area contributed by atoms with Crippen LogP contribution in [-0.2, 0) is 14.1 Å². The van der Waals surface area contributed by atoms with Gasteiger partial charge < -0.3 is 10.2 Å². The lowest BCUT2D eigenvalue weighted by Crippen LogP contribution is -2.79. The summed E-state index contributed by atoms with van der Waals surface area (Å²) in [6.45, 7) is 7.44. The molecule has 21 radical (unpaired) electrons. The number of thioether (sulfide) groups is 2. The van der Waals surface area contributed by atoms with Gasteiger partial charge in [0.2, 0.25) is 11.9 Å². The number of rotatable bonds is 21. The highest BCUT2D eigenvalue weighted by Crippen LogP contribution is 2.31. The maximum atomic E-state index is 12.9. The predicted octanol–water partition coefficient (Wildman–Crippen LogP) is 1.34. The number of hydrogen-bond donors (Lipinski definition) is 1. The monoisotopic (exact) mass is 1010 g/mol. The number of nitrogens with zero attached hydrogens (tertiary/aromatic N) is 7. The normalized spacial score (nSPS) is 12.9. The fourth-order valence-electron chi connectivity index (χ4n) is 8.61. The van der Waals surface area contributed by atoms with E-state index in [1.807, 2.05) is 72.1 Å². The molecule has 7 rings (SSSR count). The summed E-state index contributed by atoms with van der Waals surface area (Å²) in [5.41, 5.74) is 3.56. The van der Waals surface area contributed by atoms with Crippen molar-refractivity contribution in [3.05, 3.63) is 104 Å². The summed E-state index contributed by atoms with van der Waals surface area (Å²) < 4.78 is 3.14. The summed E-state index contributed by atoms with van der Waals surface area (Å²) in [4.78, 5) is 46.2. The van der Waals surface area contributed by atoms with Crippen LogP contribution in [0.25, 0.3) is 44.3 Å². The van der Waals surface area contributed by atoms with Crippen molar-refractivity contribution < 1.29 is 0 Å². The lowest BCUT2D eigenvalue weighted by atomic mass is 8.40. The van der Waals surface area contributed by atoms with Crippen molar-refractivity contribution in [3.63, 3.8) is 0 Å². The summed E-state index contributed by atoms with van der Waals surface area (Å²) in [7, 11) is 61.9. The lowest BCUT2D eigenvalue weighted by molar-refractivity contribution is 0.759. The van der Waals surface area contributed by atoms with Crippen LogP contribution >= 0.6 is 46.7 Å². The zero-order valence-electron chi connectivity index (χ0n) is 42.0. The van der Waals surface area contributed by atoms with Gasteiger partial charge in [-0.2, -0.15) is 33.5 Å². The highest BCUT2D eigenvalue weighted by molar-refractivity contribution is 8.18. The van der Waals surface area contributed by atoms with Gasteiger partial charge in [0.25, 0.3) is 11.1 Å². The molecule has 6 aromatic rings. The second-order valence-electron chi connectivity index (χ2n) is 17.9. The van der Waals surface area contributed by atoms with E-state index in [1.54, 1.807) is 47.8 Å². The van der Waals surface area contributed by atoms with Crippen LogP contribution in [0.2, 0.25) is 10.0 Å². The van der Waals surface area contributed by atoms with Gasteiger partial charge >= 0.3 is 0 Å². The standard InChI is InChI=1S/C20H21ClN4OS.C20H23ClN4OS.B19/c1-3-27-9-8-14-12-25(14)20-22-11-13-10-16(15-6-4-5-7-17(15)21)19(26)24(2)18(13)23-20;1-4-27-10-9-13(2)23-20-22-12-14-11-16(15-7-5-6-8-17(15)21)19(26)25(3)18(14)24-20;1-11-16(10)19(17(12(2)3)13(4)5)18(14(6)7)15(8)9/h4-7,10-11,14H,3,8-9,12H2,1-2H3;5-8,11-13H,4,9-10H2,1-3H3,(H,22,23,24);. The molecule has 2 unspecified atom stereocenters. The molecule has 0 saturated carbocycles. The third-order valence-corrected chi connectivity index (χ3v) is 15.1. The number of benzene rings is 2. The highest BCUT2D eigenvalue weighted by atomic mass is 35.5. The first-order valence-corrected chi connectivity index (χ1v) is 27.1. The van der Waals surface area contributed by atoms with Crippen molar-refractivity contribution in [2.24, 2.45) is 14.1 Å². The van der Waals surface area contributed by atoms with Gasteiger partial charge in [-0.15, -0.1) is 0 Å². The molecule has 1 aliphatic rings.